The average Bonchev–Trinajstić information content (AvgIpc) is 2.77. The highest BCUT2D eigenvalue weighted by Gasteiger charge is 2.20. The number of carboxylic acid groups (broad SMARTS) is 1. The van der Waals surface area contributed by atoms with Gasteiger partial charge in [0.15, 0.2) is 5.69 Å². The normalized spacial score (nSPS) is 12.0. The minimum atomic E-state index is -1.20. The molecule has 9 nitrogen and oxygen atoms in total. The monoisotopic (exact) mass is 464 g/mol. The first-order valence-electron chi connectivity index (χ1n) is 10.1. The summed E-state index contributed by atoms with van der Waals surface area (Å²) in [6, 6.07) is 6.40. The Balaban J connectivity index is 1.88. The number of pyridine rings is 1. The second-order valence-corrected chi connectivity index (χ2v) is 8.16. The van der Waals surface area contributed by atoms with Gasteiger partial charge in [-0.05, 0) is 44.5 Å². The van der Waals surface area contributed by atoms with Gasteiger partial charge < -0.3 is 10.4 Å². The van der Waals surface area contributed by atoms with Crippen molar-refractivity contribution in [2.45, 2.75) is 26.8 Å². The Hall–Kier alpha value is -3.85. The number of rotatable bonds is 5. The average molecular weight is 465 g/mol. The Morgan fingerprint density at radius 1 is 1.15 bits per heavy atom. The largest absolute Gasteiger partial charge is 0.476 e. The zero-order valence-corrected chi connectivity index (χ0v) is 19.2. The number of halogens is 1. The molecule has 33 heavy (non-hydrogen) atoms. The van der Waals surface area contributed by atoms with Crippen molar-refractivity contribution in [1.82, 2.24) is 24.5 Å². The first-order valence-corrected chi connectivity index (χ1v) is 10.5. The molecular formula is C23H21ClN6O3. The van der Waals surface area contributed by atoms with Crippen molar-refractivity contribution in [3.8, 4) is 11.4 Å². The third-order valence-electron chi connectivity index (χ3n) is 5.30. The molecule has 0 amide bonds. The molecule has 3 aromatic heterocycles. The van der Waals surface area contributed by atoms with E-state index in [4.69, 9.17) is 16.6 Å². The lowest BCUT2D eigenvalue weighted by molar-refractivity contribution is 0.0691. The van der Waals surface area contributed by atoms with E-state index in [2.05, 4.69) is 20.3 Å². The minimum Gasteiger partial charge on any atom is -0.476 e. The van der Waals surface area contributed by atoms with E-state index in [1.807, 2.05) is 19.9 Å². The molecule has 4 rings (SSSR count). The van der Waals surface area contributed by atoms with Crippen LogP contribution in [0.5, 0.6) is 0 Å². The summed E-state index contributed by atoms with van der Waals surface area (Å²) in [4.78, 5) is 42.0. The zero-order valence-electron chi connectivity index (χ0n) is 18.4. The van der Waals surface area contributed by atoms with Crippen molar-refractivity contribution >= 4 is 34.2 Å². The van der Waals surface area contributed by atoms with Crippen molar-refractivity contribution in [1.29, 1.82) is 0 Å². The third kappa shape index (κ3) is 4.27. The highest BCUT2D eigenvalue weighted by Crippen LogP contribution is 2.29. The standard InChI is InChI=1S/C23H21ClN6O3/c1-11-7-15(12(2)27-17-5-6-18(24)28-20(17)23(32)33)19-16(8-11)22(31)30(4)21(29-19)14-9-25-13(3)26-10-14/h5-10,12,27H,1-4H3,(H,32,33). The predicted octanol–water partition coefficient (Wildman–Crippen LogP) is 3.93. The molecule has 1 unspecified atom stereocenters. The molecule has 3 heterocycles. The number of aryl methyl sites for hydroxylation is 2. The van der Waals surface area contributed by atoms with Crippen LogP contribution in [0.3, 0.4) is 0 Å². The molecule has 0 aliphatic rings. The second-order valence-electron chi connectivity index (χ2n) is 7.77. The molecule has 1 atom stereocenters. The molecule has 0 saturated heterocycles. The summed E-state index contributed by atoms with van der Waals surface area (Å²) in [6.07, 6.45) is 3.26. The van der Waals surface area contributed by atoms with E-state index in [-0.39, 0.29) is 16.4 Å². The van der Waals surface area contributed by atoms with Gasteiger partial charge in [-0.25, -0.2) is 24.7 Å². The van der Waals surface area contributed by atoms with Gasteiger partial charge in [-0.15, -0.1) is 0 Å². The number of anilines is 1. The molecule has 0 fully saturated rings. The quantitative estimate of drug-likeness (QED) is 0.426. The lowest BCUT2D eigenvalue weighted by atomic mass is 10.0. The molecule has 0 aliphatic heterocycles. The van der Waals surface area contributed by atoms with Crippen molar-refractivity contribution in [2.75, 3.05) is 5.32 Å². The van der Waals surface area contributed by atoms with Crippen LogP contribution in [0, 0.1) is 13.8 Å². The summed E-state index contributed by atoms with van der Waals surface area (Å²) >= 11 is 5.87. The lowest BCUT2D eigenvalue weighted by Gasteiger charge is -2.20. The highest BCUT2D eigenvalue weighted by molar-refractivity contribution is 6.29. The van der Waals surface area contributed by atoms with Gasteiger partial charge in [0.25, 0.3) is 5.56 Å². The van der Waals surface area contributed by atoms with Gasteiger partial charge in [0.1, 0.15) is 16.8 Å². The van der Waals surface area contributed by atoms with Gasteiger partial charge in [0, 0.05) is 25.0 Å². The summed E-state index contributed by atoms with van der Waals surface area (Å²) in [7, 11) is 1.66. The first-order chi connectivity index (χ1) is 15.7. The fourth-order valence-electron chi connectivity index (χ4n) is 3.67. The van der Waals surface area contributed by atoms with Gasteiger partial charge in [-0.2, -0.15) is 0 Å². The van der Waals surface area contributed by atoms with Crippen LogP contribution in [0.2, 0.25) is 5.15 Å². The number of hydrogen-bond acceptors (Lipinski definition) is 7. The number of benzene rings is 1. The van der Waals surface area contributed by atoms with Crippen LogP contribution in [0.1, 0.15) is 40.4 Å². The SMILES string of the molecule is Cc1cc(C(C)Nc2ccc(Cl)nc2C(=O)O)c2nc(-c3cnc(C)nc3)n(C)c(=O)c2c1. The van der Waals surface area contributed by atoms with Crippen molar-refractivity contribution < 1.29 is 9.90 Å². The van der Waals surface area contributed by atoms with Crippen LogP contribution in [-0.4, -0.2) is 35.6 Å². The molecule has 1 aromatic carbocycles. The second kappa shape index (κ2) is 8.59. The Bertz CT molecular complexity index is 1450. The Morgan fingerprint density at radius 3 is 2.52 bits per heavy atom. The van der Waals surface area contributed by atoms with Crippen LogP contribution in [-0.2, 0) is 7.05 Å². The summed E-state index contributed by atoms with van der Waals surface area (Å²) in [5.41, 5.74) is 2.67. The molecule has 0 saturated carbocycles. The Labute approximate surface area is 194 Å². The minimum absolute atomic E-state index is 0.0849. The van der Waals surface area contributed by atoms with Gasteiger partial charge in [-0.1, -0.05) is 17.7 Å². The van der Waals surface area contributed by atoms with Gasteiger partial charge in [0.05, 0.1) is 28.2 Å². The summed E-state index contributed by atoms with van der Waals surface area (Å²) in [5, 5.41) is 13.2. The number of carbonyl (C=O) groups is 1. The van der Waals surface area contributed by atoms with Crippen LogP contribution in [0.4, 0.5) is 5.69 Å². The lowest BCUT2D eigenvalue weighted by Crippen LogP contribution is -2.22. The van der Waals surface area contributed by atoms with Gasteiger partial charge >= 0.3 is 5.97 Å². The molecule has 2 N–H and O–H groups in total. The van der Waals surface area contributed by atoms with Crippen LogP contribution in [0.25, 0.3) is 22.3 Å². The van der Waals surface area contributed by atoms with Gasteiger partial charge in [0.2, 0.25) is 0 Å². The number of hydrogen-bond donors (Lipinski definition) is 2. The number of nitrogens with zero attached hydrogens (tertiary/aromatic N) is 5. The van der Waals surface area contributed by atoms with Crippen LogP contribution >= 0.6 is 11.6 Å². The number of aromatic nitrogens is 5. The van der Waals surface area contributed by atoms with E-state index in [0.29, 0.717) is 33.8 Å². The van der Waals surface area contributed by atoms with Crippen LogP contribution in [0.15, 0.2) is 41.5 Å². The number of carboxylic acids is 1. The highest BCUT2D eigenvalue weighted by atomic mass is 35.5. The van der Waals surface area contributed by atoms with E-state index >= 15 is 0 Å². The number of aromatic carboxylic acids is 1. The molecule has 0 bridgehead atoms. The predicted molar refractivity (Wildman–Crippen MR) is 126 cm³/mol. The van der Waals surface area contributed by atoms with Crippen molar-refractivity contribution in [3.63, 3.8) is 0 Å². The summed E-state index contributed by atoms with van der Waals surface area (Å²) in [6.45, 7) is 5.54. The van der Waals surface area contributed by atoms with E-state index in [1.54, 1.807) is 38.5 Å². The maximum atomic E-state index is 13.2. The molecular weight excluding hydrogens is 444 g/mol. The molecule has 10 heteroatoms. The molecule has 0 radical (unpaired) electrons. The van der Waals surface area contributed by atoms with Crippen molar-refractivity contribution in [2.24, 2.45) is 7.05 Å². The Morgan fingerprint density at radius 2 is 1.85 bits per heavy atom. The number of fused-ring (bicyclic) bond motifs is 1. The first kappa shape index (κ1) is 22.3. The van der Waals surface area contributed by atoms with E-state index in [0.717, 1.165) is 11.1 Å². The van der Waals surface area contributed by atoms with E-state index < -0.39 is 12.0 Å². The van der Waals surface area contributed by atoms with Crippen molar-refractivity contribution in [3.05, 3.63) is 74.8 Å². The maximum absolute atomic E-state index is 13.2. The smallest absolute Gasteiger partial charge is 0.356 e. The third-order valence-corrected chi connectivity index (χ3v) is 5.51. The topological polar surface area (TPSA) is 123 Å². The molecule has 0 spiro atoms. The fourth-order valence-corrected chi connectivity index (χ4v) is 3.82. The number of nitrogens with one attached hydrogen (secondary N) is 1. The fraction of sp³-hybridized carbons (Fsp3) is 0.217. The molecule has 0 aliphatic carbocycles. The summed E-state index contributed by atoms with van der Waals surface area (Å²) < 4.78 is 1.48. The maximum Gasteiger partial charge on any atom is 0.356 e. The Kier molecular flexibility index (Phi) is 5.82. The van der Waals surface area contributed by atoms with Crippen LogP contribution < -0.4 is 10.9 Å². The van der Waals surface area contributed by atoms with E-state index in [1.165, 1.54) is 10.6 Å². The zero-order chi connectivity index (χ0) is 23.9. The summed E-state index contributed by atoms with van der Waals surface area (Å²) in [5.74, 6) is -0.149. The molecule has 168 valence electrons. The van der Waals surface area contributed by atoms with Gasteiger partial charge in [-0.3, -0.25) is 9.36 Å². The molecule has 4 aromatic rings. The van der Waals surface area contributed by atoms with E-state index in [9.17, 15) is 14.7 Å².